The van der Waals surface area contributed by atoms with Gasteiger partial charge >= 0.3 is 0 Å². The number of nitrogens with zero attached hydrogens (tertiary/aromatic N) is 2. The molecule has 0 spiro atoms. The van der Waals surface area contributed by atoms with Crippen LogP contribution in [0.3, 0.4) is 0 Å². The summed E-state index contributed by atoms with van der Waals surface area (Å²) in [7, 11) is 2.18. The van der Waals surface area contributed by atoms with Crippen molar-refractivity contribution < 1.29 is 0 Å². The summed E-state index contributed by atoms with van der Waals surface area (Å²) in [5, 5.41) is 13.2. The predicted octanol–water partition coefficient (Wildman–Crippen LogP) is 2.89. The molecule has 0 saturated heterocycles. The lowest BCUT2D eigenvalue weighted by molar-refractivity contribution is 0.147. The summed E-state index contributed by atoms with van der Waals surface area (Å²) >= 11 is 0. The van der Waals surface area contributed by atoms with E-state index >= 15 is 0 Å². The number of rotatable bonds is 7. The van der Waals surface area contributed by atoms with Gasteiger partial charge in [-0.05, 0) is 38.4 Å². The lowest BCUT2D eigenvalue weighted by atomic mass is 9.86. The maximum Gasteiger partial charge on any atom is 0.133 e. The molecule has 1 atom stereocenters. The van der Waals surface area contributed by atoms with E-state index in [2.05, 4.69) is 42.4 Å². The molecule has 1 N–H and O–H groups in total. The summed E-state index contributed by atoms with van der Waals surface area (Å²) in [6.07, 6.45) is 4.80. The Hall–Kier alpha value is -1.37. The van der Waals surface area contributed by atoms with Gasteiger partial charge < -0.3 is 4.90 Å². The van der Waals surface area contributed by atoms with Crippen LogP contribution < -0.4 is 5.32 Å². The van der Waals surface area contributed by atoms with E-state index < -0.39 is 5.54 Å². The molecule has 1 fully saturated rings. The molecule has 0 heterocycles. The van der Waals surface area contributed by atoms with Crippen LogP contribution in [-0.2, 0) is 5.54 Å². The van der Waals surface area contributed by atoms with Crippen molar-refractivity contribution in [1.82, 2.24) is 10.2 Å². The third-order valence-electron chi connectivity index (χ3n) is 4.47. The summed E-state index contributed by atoms with van der Waals surface area (Å²) in [4.78, 5) is 2.41. The molecule has 3 nitrogen and oxygen atoms in total. The fourth-order valence-electron chi connectivity index (χ4n) is 2.87. The van der Waals surface area contributed by atoms with Gasteiger partial charge in [0.05, 0.1) is 6.07 Å². The van der Waals surface area contributed by atoms with Crippen LogP contribution in [0.5, 0.6) is 0 Å². The lowest BCUT2D eigenvalue weighted by Gasteiger charge is -2.37. The maximum atomic E-state index is 9.75. The Kier molecular flexibility index (Phi) is 5.17. The molecule has 0 bridgehead atoms. The predicted molar refractivity (Wildman–Crippen MR) is 82.3 cm³/mol. The third kappa shape index (κ3) is 3.20. The molecule has 0 amide bonds. The van der Waals surface area contributed by atoms with Gasteiger partial charge in [0.2, 0.25) is 0 Å². The van der Waals surface area contributed by atoms with Crippen LogP contribution in [0.4, 0.5) is 0 Å². The Bertz CT molecular complexity index is 447. The average Bonchev–Trinajstić information content (AvgIpc) is 2.43. The Morgan fingerprint density at radius 3 is 2.55 bits per heavy atom. The van der Waals surface area contributed by atoms with Crippen LogP contribution in [0, 0.1) is 11.3 Å². The topological polar surface area (TPSA) is 39.1 Å². The number of hydrogen-bond acceptors (Lipinski definition) is 3. The number of hydrogen-bond donors (Lipinski definition) is 1. The quantitative estimate of drug-likeness (QED) is 0.829. The SMILES string of the molecule is CCNC(C#N)(CCN(C)C1CCC1)c1ccccc1. The third-order valence-corrected chi connectivity index (χ3v) is 4.47. The Labute approximate surface area is 122 Å². The molecule has 1 aliphatic rings. The van der Waals surface area contributed by atoms with Gasteiger partial charge in [0.1, 0.15) is 5.54 Å². The van der Waals surface area contributed by atoms with Crippen LogP contribution in [0.25, 0.3) is 0 Å². The van der Waals surface area contributed by atoms with E-state index in [4.69, 9.17) is 0 Å². The Morgan fingerprint density at radius 1 is 1.35 bits per heavy atom. The normalized spacial score (nSPS) is 18.3. The standard InChI is InChI=1S/C17H25N3/c1-3-19-17(14-18,15-8-5-4-6-9-15)12-13-20(2)16-10-7-11-16/h4-6,8-9,16,19H,3,7,10-13H2,1-2H3. The molecule has 1 aromatic rings. The lowest BCUT2D eigenvalue weighted by Crippen LogP contribution is -2.46. The summed E-state index contributed by atoms with van der Waals surface area (Å²) in [6.45, 7) is 3.82. The fraction of sp³-hybridized carbons (Fsp3) is 0.588. The molecule has 20 heavy (non-hydrogen) atoms. The summed E-state index contributed by atoms with van der Waals surface area (Å²) < 4.78 is 0. The van der Waals surface area contributed by atoms with Crippen LogP contribution in [0.1, 0.15) is 38.2 Å². The average molecular weight is 271 g/mol. The first-order chi connectivity index (χ1) is 9.72. The van der Waals surface area contributed by atoms with Crippen molar-refractivity contribution in [3.05, 3.63) is 35.9 Å². The number of nitrogens with one attached hydrogen (secondary N) is 1. The van der Waals surface area contributed by atoms with E-state index in [1.54, 1.807) is 0 Å². The minimum atomic E-state index is -0.561. The summed E-state index contributed by atoms with van der Waals surface area (Å²) in [5.41, 5.74) is 0.514. The van der Waals surface area contributed by atoms with E-state index in [0.717, 1.165) is 31.1 Å². The van der Waals surface area contributed by atoms with Gasteiger partial charge in [0.15, 0.2) is 0 Å². The van der Waals surface area contributed by atoms with Crippen LogP contribution in [-0.4, -0.2) is 31.1 Å². The largest absolute Gasteiger partial charge is 0.303 e. The minimum absolute atomic E-state index is 0.561. The molecule has 108 valence electrons. The second-order valence-corrected chi connectivity index (χ2v) is 5.73. The van der Waals surface area contributed by atoms with E-state index in [1.165, 1.54) is 19.3 Å². The number of benzene rings is 1. The highest BCUT2D eigenvalue weighted by Gasteiger charge is 2.32. The zero-order valence-corrected chi connectivity index (χ0v) is 12.6. The van der Waals surface area contributed by atoms with Crippen molar-refractivity contribution in [2.24, 2.45) is 0 Å². The monoisotopic (exact) mass is 271 g/mol. The Balaban J connectivity index is 2.08. The molecule has 0 aromatic heterocycles. The second-order valence-electron chi connectivity index (χ2n) is 5.73. The fourth-order valence-corrected chi connectivity index (χ4v) is 2.87. The van der Waals surface area contributed by atoms with E-state index in [9.17, 15) is 5.26 Å². The molecular formula is C17H25N3. The van der Waals surface area contributed by atoms with Crippen molar-refractivity contribution in [1.29, 1.82) is 5.26 Å². The molecule has 2 rings (SSSR count). The number of nitriles is 1. The van der Waals surface area contributed by atoms with Gasteiger partial charge in [-0.2, -0.15) is 5.26 Å². The Morgan fingerprint density at radius 2 is 2.05 bits per heavy atom. The maximum absolute atomic E-state index is 9.75. The van der Waals surface area contributed by atoms with E-state index in [0.29, 0.717) is 0 Å². The van der Waals surface area contributed by atoms with Crippen molar-refractivity contribution >= 4 is 0 Å². The molecule has 1 aromatic carbocycles. The second kappa shape index (κ2) is 6.88. The van der Waals surface area contributed by atoms with Gasteiger partial charge in [-0.15, -0.1) is 0 Å². The van der Waals surface area contributed by atoms with Gasteiger partial charge in [-0.25, -0.2) is 0 Å². The highest BCUT2D eigenvalue weighted by Crippen LogP contribution is 2.28. The highest BCUT2D eigenvalue weighted by atomic mass is 15.1. The molecule has 1 unspecified atom stereocenters. The molecule has 1 saturated carbocycles. The van der Waals surface area contributed by atoms with Crippen molar-refractivity contribution in [3.8, 4) is 6.07 Å². The van der Waals surface area contributed by atoms with Crippen molar-refractivity contribution in [2.75, 3.05) is 20.1 Å². The van der Waals surface area contributed by atoms with Crippen molar-refractivity contribution in [3.63, 3.8) is 0 Å². The molecule has 0 aliphatic heterocycles. The first-order valence-electron chi connectivity index (χ1n) is 7.64. The molecular weight excluding hydrogens is 246 g/mol. The summed E-state index contributed by atoms with van der Waals surface area (Å²) in [5.74, 6) is 0. The van der Waals surface area contributed by atoms with Crippen LogP contribution >= 0.6 is 0 Å². The smallest absolute Gasteiger partial charge is 0.133 e. The van der Waals surface area contributed by atoms with E-state index in [-0.39, 0.29) is 0 Å². The zero-order chi connectivity index (χ0) is 14.4. The van der Waals surface area contributed by atoms with Gasteiger partial charge in [0.25, 0.3) is 0 Å². The minimum Gasteiger partial charge on any atom is -0.303 e. The zero-order valence-electron chi connectivity index (χ0n) is 12.6. The van der Waals surface area contributed by atoms with Gasteiger partial charge in [0, 0.05) is 12.6 Å². The highest BCUT2D eigenvalue weighted by molar-refractivity contribution is 5.31. The van der Waals surface area contributed by atoms with Gasteiger partial charge in [-0.1, -0.05) is 43.7 Å². The van der Waals surface area contributed by atoms with Crippen LogP contribution in [0.15, 0.2) is 30.3 Å². The van der Waals surface area contributed by atoms with E-state index in [1.807, 2.05) is 18.2 Å². The molecule has 0 radical (unpaired) electrons. The first kappa shape index (κ1) is 15.0. The van der Waals surface area contributed by atoms with Crippen LogP contribution in [0.2, 0.25) is 0 Å². The summed E-state index contributed by atoms with van der Waals surface area (Å²) in [6, 6.07) is 13.4. The van der Waals surface area contributed by atoms with Crippen molar-refractivity contribution in [2.45, 2.75) is 44.2 Å². The molecule has 3 heteroatoms. The molecule has 1 aliphatic carbocycles. The first-order valence-corrected chi connectivity index (χ1v) is 7.64. The van der Waals surface area contributed by atoms with Gasteiger partial charge in [-0.3, -0.25) is 5.32 Å².